The summed E-state index contributed by atoms with van der Waals surface area (Å²) in [6, 6.07) is 11.8. The number of carbonyl (C=O) groups is 1. The number of aliphatic carboxylic acids is 1. The molecule has 8 heteroatoms. The summed E-state index contributed by atoms with van der Waals surface area (Å²) in [4.78, 5) is 20.2. The molecule has 2 fully saturated rings. The highest BCUT2D eigenvalue weighted by molar-refractivity contribution is 5.67. The first-order valence-electron chi connectivity index (χ1n) is 14.7. The summed E-state index contributed by atoms with van der Waals surface area (Å²) in [6.45, 7) is 9.09. The Balaban J connectivity index is 0.00000127. The van der Waals surface area contributed by atoms with E-state index >= 15 is 0 Å². The Hall–Kier alpha value is -3.68. The predicted molar refractivity (Wildman–Crippen MR) is 160 cm³/mol. The average Bonchev–Trinajstić information content (AvgIpc) is 3.80. The summed E-state index contributed by atoms with van der Waals surface area (Å²) >= 11 is 0. The third-order valence-electron chi connectivity index (χ3n) is 7.28. The van der Waals surface area contributed by atoms with Crippen LogP contribution in [0, 0.1) is 16.6 Å². The first-order valence-corrected chi connectivity index (χ1v) is 14.7. The molecule has 3 aromatic rings. The van der Waals surface area contributed by atoms with Gasteiger partial charge in [-0.1, -0.05) is 59.1 Å². The maximum Gasteiger partial charge on any atom is 0.303 e. The average molecular weight is 579 g/mol. The number of carboxylic acid groups (broad SMARTS) is 1. The van der Waals surface area contributed by atoms with Crippen LogP contribution in [-0.2, 0) is 17.8 Å². The highest BCUT2D eigenvalue weighted by Crippen LogP contribution is 2.47. The summed E-state index contributed by atoms with van der Waals surface area (Å²) in [5, 5.41) is 8.96. The van der Waals surface area contributed by atoms with Gasteiger partial charge in [0, 0.05) is 12.0 Å². The topological polar surface area (TPSA) is 90.8 Å². The summed E-state index contributed by atoms with van der Waals surface area (Å²) in [6.07, 6.45) is 9.20. The van der Waals surface area contributed by atoms with Crippen LogP contribution in [-0.4, -0.2) is 34.3 Å². The number of nitrogens with zero attached hydrogens (tertiary/aromatic N) is 2. The van der Waals surface area contributed by atoms with Crippen molar-refractivity contribution in [2.45, 2.75) is 91.8 Å². The molecule has 1 N–H and O–H groups in total. The number of aromatic nitrogens is 2. The SMILES string of the molecule is C1CC1.COc1ccc(F)c(-c2ncc(COc3cccc(CCC(=O)O)c3)nc2OC2CC(C)(C)CC(C)(C)C2)c1. The van der Waals surface area contributed by atoms with E-state index in [-0.39, 0.29) is 41.4 Å². The summed E-state index contributed by atoms with van der Waals surface area (Å²) in [5.74, 6) is 0.0787. The van der Waals surface area contributed by atoms with Gasteiger partial charge >= 0.3 is 5.97 Å². The lowest BCUT2D eigenvalue weighted by Crippen LogP contribution is -2.39. The first kappa shape index (κ1) is 31.3. The van der Waals surface area contributed by atoms with Crippen molar-refractivity contribution in [2.24, 2.45) is 10.8 Å². The van der Waals surface area contributed by atoms with Gasteiger partial charge in [0.1, 0.15) is 41.4 Å². The van der Waals surface area contributed by atoms with Gasteiger partial charge in [0.05, 0.1) is 13.3 Å². The molecule has 2 saturated carbocycles. The molecule has 7 nitrogen and oxygen atoms in total. The fourth-order valence-electron chi connectivity index (χ4n) is 5.74. The van der Waals surface area contributed by atoms with Crippen LogP contribution in [0.15, 0.2) is 48.7 Å². The Labute approximate surface area is 248 Å². The first-order chi connectivity index (χ1) is 19.9. The zero-order valence-electron chi connectivity index (χ0n) is 25.4. The van der Waals surface area contributed by atoms with E-state index in [0.29, 0.717) is 29.3 Å². The van der Waals surface area contributed by atoms with Gasteiger partial charge in [-0.2, -0.15) is 0 Å². The van der Waals surface area contributed by atoms with Crippen molar-refractivity contribution in [3.8, 4) is 28.6 Å². The van der Waals surface area contributed by atoms with Gasteiger partial charge < -0.3 is 19.3 Å². The molecule has 2 aliphatic rings. The van der Waals surface area contributed by atoms with Crippen LogP contribution in [0.3, 0.4) is 0 Å². The molecule has 0 atom stereocenters. The van der Waals surface area contributed by atoms with E-state index in [0.717, 1.165) is 24.8 Å². The molecule has 2 aliphatic carbocycles. The molecule has 42 heavy (non-hydrogen) atoms. The van der Waals surface area contributed by atoms with E-state index in [9.17, 15) is 9.18 Å². The van der Waals surface area contributed by atoms with E-state index in [2.05, 4.69) is 32.7 Å². The van der Waals surface area contributed by atoms with Gasteiger partial charge in [-0.3, -0.25) is 4.79 Å². The summed E-state index contributed by atoms with van der Waals surface area (Å²) in [7, 11) is 1.53. The second-order valence-electron chi connectivity index (χ2n) is 12.9. The standard InChI is InChI=1S/C31H37FN2O5.C3H6/c1-30(2)15-24(16-31(3,4)19-30)39-29-28(25-14-22(37-5)10-11-26(25)32)33-17-21(34-29)18-38-23-8-6-7-20(13-23)9-12-27(35)36;1-2-3-1/h6-8,10-11,13-14,17,24H,9,12,15-16,18-19H2,1-5H3,(H,35,36);1-3H2. The van der Waals surface area contributed by atoms with E-state index in [1.54, 1.807) is 24.4 Å². The zero-order valence-corrected chi connectivity index (χ0v) is 25.4. The van der Waals surface area contributed by atoms with Crippen molar-refractivity contribution in [2.75, 3.05) is 7.11 Å². The Bertz CT molecular complexity index is 1350. The molecule has 0 amide bonds. The summed E-state index contributed by atoms with van der Waals surface area (Å²) < 4.78 is 32.8. The lowest BCUT2D eigenvalue weighted by atomic mass is 9.64. The van der Waals surface area contributed by atoms with Gasteiger partial charge in [0.25, 0.3) is 0 Å². The van der Waals surface area contributed by atoms with Crippen molar-refractivity contribution >= 4 is 5.97 Å². The molecule has 2 aromatic carbocycles. The highest BCUT2D eigenvalue weighted by Gasteiger charge is 2.40. The molecule has 0 aliphatic heterocycles. The normalized spacial score (nSPS) is 17.0. The number of hydrogen-bond donors (Lipinski definition) is 1. The molecule has 5 rings (SSSR count). The van der Waals surface area contributed by atoms with Crippen molar-refractivity contribution in [3.63, 3.8) is 0 Å². The van der Waals surface area contributed by atoms with Crippen molar-refractivity contribution in [3.05, 3.63) is 65.7 Å². The van der Waals surface area contributed by atoms with Crippen LogP contribution in [0.1, 0.15) is 83.9 Å². The fourth-order valence-corrected chi connectivity index (χ4v) is 5.74. The lowest BCUT2D eigenvalue weighted by Gasteiger charge is -2.44. The largest absolute Gasteiger partial charge is 0.497 e. The molecule has 1 aromatic heterocycles. The second kappa shape index (κ2) is 13.5. The third-order valence-corrected chi connectivity index (χ3v) is 7.28. The van der Waals surface area contributed by atoms with Gasteiger partial charge in [-0.15, -0.1) is 0 Å². The van der Waals surface area contributed by atoms with Crippen LogP contribution >= 0.6 is 0 Å². The fraction of sp³-hybridized carbons (Fsp3) is 0.500. The number of aryl methyl sites for hydroxylation is 1. The van der Waals surface area contributed by atoms with E-state index in [1.165, 1.54) is 32.4 Å². The van der Waals surface area contributed by atoms with Crippen LogP contribution in [0.25, 0.3) is 11.3 Å². The van der Waals surface area contributed by atoms with Gasteiger partial charge in [-0.05, 0) is 72.4 Å². The van der Waals surface area contributed by atoms with E-state index in [4.69, 9.17) is 24.3 Å². The van der Waals surface area contributed by atoms with Gasteiger partial charge in [0.15, 0.2) is 0 Å². The minimum Gasteiger partial charge on any atom is -0.497 e. The van der Waals surface area contributed by atoms with Crippen LogP contribution in [0.5, 0.6) is 17.4 Å². The zero-order chi connectivity index (χ0) is 30.3. The number of hydrogen-bond acceptors (Lipinski definition) is 6. The Morgan fingerprint density at radius 3 is 2.38 bits per heavy atom. The van der Waals surface area contributed by atoms with Crippen molar-refractivity contribution < 1.29 is 28.5 Å². The molecule has 226 valence electrons. The van der Waals surface area contributed by atoms with E-state index in [1.807, 2.05) is 18.2 Å². The number of carboxylic acids is 1. The quantitative estimate of drug-likeness (QED) is 0.260. The minimum absolute atomic E-state index is 0.0483. The molecule has 0 radical (unpaired) electrons. The lowest BCUT2D eigenvalue weighted by molar-refractivity contribution is -0.136. The maximum absolute atomic E-state index is 15.0. The van der Waals surface area contributed by atoms with E-state index < -0.39 is 11.8 Å². The predicted octanol–water partition coefficient (Wildman–Crippen LogP) is 8.04. The van der Waals surface area contributed by atoms with Crippen molar-refractivity contribution in [1.82, 2.24) is 9.97 Å². The number of methoxy groups -OCH3 is 1. The second-order valence-corrected chi connectivity index (χ2v) is 12.9. The molecule has 1 heterocycles. The molecule has 0 spiro atoms. The van der Waals surface area contributed by atoms with Crippen LogP contribution < -0.4 is 14.2 Å². The van der Waals surface area contributed by atoms with Crippen LogP contribution in [0.2, 0.25) is 0 Å². The van der Waals surface area contributed by atoms with Crippen molar-refractivity contribution in [1.29, 1.82) is 0 Å². The smallest absolute Gasteiger partial charge is 0.303 e. The molecular formula is C34H43FN2O5. The molecular weight excluding hydrogens is 535 g/mol. The summed E-state index contributed by atoms with van der Waals surface area (Å²) in [5.41, 5.74) is 2.15. The Kier molecular flexibility index (Phi) is 10.1. The third kappa shape index (κ3) is 9.43. The van der Waals surface area contributed by atoms with Gasteiger partial charge in [-0.25, -0.2) is 14.4 Å². The number of rotatable bonds is 10. The van der Waals surface area contributed by atoms with Gasteiger partial charge in [0.2, 0.25) is 5.88 Å². The number of ether oxygens (including phenoxy) is 3. The highest BCUT2D eigenvalue weighted by atomic mass is 19.1. The minimum atomic E-state index is -0.846. The maximum atomic E-state index is 15.0. The Morgan fingerprint density at radius 2 is 1.74 bits per heavy atom. The number of halogens is 1. The number of benzene rings is 2. The Morgan fingerprint density at radius 1 is 1.02 bits per heavy atom. The van der Waals surface area contributed by atoms with Crippen LogP contribution in [0.4, 0.5) is 4.39 Å². The molecule has 0 unspecified atom stereocenters. The monoisotopic (exact) mass is 578 g/mol. The molecule has 0 bridgehead atoms. The molecule has 0 saturated heterocycles.